The number of esters is 1. The van der Waals surface area contributed by atoms with Crippen LogP contribution >= 0.6 is 7.52 Å². The Morgan fingerprint density at radius 3 is 2.83 bits per heavy atom. The topological polar surface area (TPSA) is 153 Å². The largest absolute Gasteiger partial charge is 0.465 e. The molecule has 35 heavy (non-hydrogen) atoms. The molecule has 12 nitrogen and oxygen atoms in total. The Hall–Kier alpha value is -3.38. The van der Waals surface area contributed by atoms with Crippen LogP contribution in [-0.2, 0) is 23.6 Å². The van der Waals surface area contributed by atoms with E-state index in [0.29, 0.717) is 5.52 Å². The van der Waals surface area contributed by atoms with Gasteiger partial charge in [0.05, 0.1) is 12.9 Å². The summed E-state index contributed by atoms with van der Waals surface area (Å²) in [5.74, 6) is -0.847. The van der Waals surface area contributed by atoms with Crippen LogP contribution in [0, 0.1) is 0 Å². The molecule has 0 radical (unpaired) electrons. The Bertz CT molecular complexity index is 1270. The summed E-state index contributed by atoms with van der Waals surface area (Å²) in [6.45, 7) is 3.30. The number of benzene rings is 1. The molecule has 1 aromatic carbocycles. The van der Waals surface area contributed by atoms with Crippen LogP contribution in [0.1, 0.15) is 20.1 Å². The summed E-state index contributed by atoms with van der Waals surface area (Å²) in [6, 6.07) is 7.40. The van der Waals surface area contributed by atoms with Gasteiger partial charge in [-0.05, 0) is 26.0 Å². The van der Waals surface area contributed by atoms with E-state index in [1.165, 1.54) is 24.1 Å². The number of nitrogens with one attached hydrogen (secondary N) is 1. The zero-order valence-electron chi connectivity index (χ0n) is 18.9. The van der Waals surface area contributed by atoms with Crippen molar-refractivity contribution in [1.29, 1.82) is 0 Å². The number of rotatable bonds is 10. The lowest BCUT2D eigenvalue weighted by atomic mass is 10.3. The Morgan fingerprint density at radius 2 is 2.09 bits per heavy atom. The Kier molecular flexibility index (Phi) is 7.41. The first kappa shape index (κ1) is 24.7. The molecule has 0 saturated carbocycles. The Labute approximate surface area is 199 Å². The highest BCUT2D eigenvalue weighted by Crippen LogP contribution is 2.45. The number of aromatic nitrogens is 4. The molecule has 2 aromatic heterocycles. The van der Waals surface area contributed by atoms with Gasteiger partial charge in [-0.3, -0.25) is 13.9 Å². The van der Waals surface area contributed by atoms with Crippen molar-refractivity contribution in [3.63, 3.8) is 0 Å². The zero-order chi connectivity index (χ0) is 25.0. The summed E-state index contributed by atoms with van der Waals surface area (Å²) < 4.78 is 51.5. The molecule has 0 spiro atoms. The minimum atomic E-state index is -3.83. The highest BCUT2D eigenvalue weighted by molar-refractivity contribution is 7.57. The van der Waals surface area contributed by atoms with Gasteiger partial charge in [-0.15, -0.1) is 0 Å². The van der Waals surface area contributed by atoms with Gasteiger partial charge < -0.3 is 24.5 Å². The van der Waals surface area contributed by atoms with Crippen molar-refractivity contribution in [1.82, 2.24) is 24.6 Å². The quantitative estimate of drug-likeness (QED) is 0.308. The van der Waals surface area contributed by atoms with Crippen LogP contribution in [0.4, 0.5) is 10.2 Å². The summed E-state index contributed by atoms with van der Waals surface area (Å²) in [7, 11) is -3.83. The van der Waals surface area contributed by atoms with Gasteiger partial charge in [0, 0.05) is 6.08 Å². The highest BCUT2D eigenvalue weighted by Gasteiger charge is 2.36. The number of para-hydroxylation sites is 1. The SMILES string of the molecule is CCOC(=O)C(C)N[P@@](=O)(COC1C=C(F)C(n2cnc3c(N)ncnc32)O1)Oc1ccccc1. The van der Waals surface area contributed by atoms with E-state index in [4.69, 9.17) is 24.5 Å². The summed E-state index contributed by atoms with van der Waals surface area (Å²) in [4.78, 5) is 24.1. The lowest BCUT2D eigenvalue weighted by Crippen LogP contribution is -2.36. The van der Waals surface area contributed by atoms with Crippen molar-refractivity contribution in [2.24, 2.45) is 0 Å². The second-order valence-corrected chi connectivity index (χ2v) is 9.51. The zero-order valence-corrected chi connectivity index (χ0v) is 19.8. The van der Waals surface area contributed by atoms with Gasteiger partial charge in [0.15, 0.2) is 36.2 Å². The van der Waals surface area contributed by atoms with E-state index in [2.05, 4.69) is 20.0 Å². The average molecular weight is 506 g/mol. The molecule has 3 unspecified atom stereocenters. The number of hydrogen-bond acceptors (Lipinski definition) is 10. The molecular formula is C21H24FN6O6P. The number of fused-ring (bicyclic) bond motifs is 1. The number of nitrogen functional groups attached to an aromatic ring is 1. The fourth-order valence-electron chi connectivity index (χ4n) is 3.30. The maximum atomic E-state index is 14.8. The second-order valence-electron chi connectivity index (χ2n) is 7.47. The molecular weight excluding hydrogens is 482 g/mol. The monoisotopic (exact) mass is 506 g/mol. The Balaban J connectivity index is 1.47. The van der Waals surface area contributed by atoms with E-state index in [1.807, 2.05) is 0 Å². The van der Waals surface area contributed by atoms with Gasteiger partial charge in [-0.25, -0.2) is 24.4 Å². The summed E-state index contributed by atoms with van der Waals surface area (Å²) in [5, 5.41) is 2.65. The number of ether oxygens (including phenoxy) is 3. The molecule has 0 aliphatic carbocycles. The molecule has 0 fully saturated rings. The lowest BCUT2D eigenvalue weighted by Gasteiger charge is -2.24. The van der Waals surface area contributed by atoms with Crippen molar-refractivity contribution in [2.45, 2.75) is 32.4 Å². The third-order valence-corrected chi connectivity index (χ3v) is 6.64. The van der Waals surface area contributed by atoms with Crippen LogP contribution in [0.5, 0.6) is 5.75 Å². The summed E-state index contributed by atoms with van der Waals surface area (Å²) >= 11 is 0. The van der Waals surface area contributed by atoms with Crippen LogP contribution < -0.4 is 15.3 Å². The lowest BCUT2D eigenvalue weighted by molar-refractivity contribution is -0.144. The first-order chi connectivity index (χ1) is 16.8. The van der Waals surface area contributed by atoms with Crippen molar-refractivity contribution < 1.29 is 32.5 Å². The third-order valence-electron chi connectivity index (χ3n) is 4.87. The van der Waals surface area contributed by atoms with E-state index in [0.717, 1.165) is 6.08 Å². The van der Waals surface area contributed by atoms with Crippen LogP contribution in [0.15, 0.2) is 54.9 Å². The molecule has 3 aromatic rings. The summed E-state index contributed by atoms with van der Waals surface area (Å²) in [5.41, 5.74) is 6.35. The van der Waals surface area contributed by atoms with E-state index in [1.54, 1.807) is 37.3 Å². The van der Waals surface area contributed by atoms with Crippen molar-refractivity contribution in [2.75, 3.05) is 18.7 Å². The maximum absolute atomic E-state index is 14.8. The molecule has 3 N–H and O–H groups in total. The average Bonchev–Trinajstić information content (AvgIpc) is 3.42. The van der Waals surface area contributed by atoms with E-state index in [-0.39, 0.29) is 23.8 Å². The second kappa shape index (κ2) is 10.5. The van der Waals surface area contributed by atoms with Gasteiger partial charge in [0.1, 0.15) is 23.6 Å². The molecule has 4 atom stereocenters. The molecule has 0 saturated heterocycles. The molecule has 1 aliphatic rings. The van der Waals surface area contributed by atoms with Gasteiger partial charge >= 0.3 is 13.5 Å². The predicted octanol–water partition coefficient (Wildman–Crippen LogP) is 2.90. The molecule has 4 rings (SSSR count). The molecule has 186 valence electrons. The van der Waals surface area contributed by atoms with Gasteiger partial charge in [-0.2, -0.15) is 0 Å². The number of hydrogen-bond donors (Lipinski definition) is 2. The molecule has 1 aliphatic heterocycles. The van der Waals surface area contributed by atoms with Crippen molar-refractivity contribution in [3.05, 3.63) is 54.9 Å². The van der Waals surface area contributed by atoms with Crippen molar-refractivity contribution in [3.8, 4) is 5.75 Å². The van der Waals surface area contributed by atoms with Gasteiger partial charge in [0.2, 0.25) is 0 Å². The summed E-state index contributed by atoms with van der Waals surface area (Å²) in [6.07, 6.45) is 0.676. The van der Waals surface area contributed by atoms with Crippen LogP contribution in [-0.4, -0.2) is 50.8 Å². The minimum absolute atomic E-state index is 0.143. The number of nitrogens with two attached hydrogens (primary N) is 1. The van der Waals surface area contributed by atoms with E-state index < -0.39 is 44.2 Å². The van der Waals surface area contributed by atoms with E-state index in [9.17, 15) is 13.8 Å². The maximum Gasteiger partial charge on any atom is 0.342 e. The molecule has 3 heterocycles. The fourth-order valence-corrected chi connectivity index (χ4v) is 4.98. The van der Waals surface area contributed by atoms with Crippen LogP contribution in [0.3, 0.4) is 0 Å². The molecule has 14 heteroatoms. The van der Waals surface area contributed by atoms with Crippen LogP contribution in [0.25, 0.3) is 11.2 Å². The number of nitrogens with zero attached hydrogens (tertiary/aromatic N) is 4. The highest BCUT2D eigenvalue weighted by atomic mass is 31.2. The van der Waals surface area contributed by atoms with Crippen molar-refractivity contribution >= 4 is 30.5 Å². The van der Waals surface area contributed by atoms with Gasteiger partial charge in [-0.1, -0.05) is 18.2 Å². The Morgan fingerprint density at radius 1 is 1.31 bits per heavy atom. The predicted molar refractivity (Wildman–Crippen MR) is 123 cm³/mol. The fraction of sp³-hybridized carbons (Fsp3) is 0.333. The number of carbonyl (C=O) groups excluding carboxylic acids is 1. The van der Waals surface area contributed by atoms with Gasteiger partial charge in [0.25, 0.3) is 0 Å². The first-order valence-electron chi connectivity index (χ1n) is 10.6. The molecule has 0 amide bonds. The normalized spacial score (nSPS) is 20.3. The molecule has 0 bridgehead atoms. The first-order valence-corrected chi connectivity index (χ1v) is 12.5. The standard InChI is InChI=1S/C21H24FN6O6P/c1-3-31-21(29)13(2)27-35(30,34-14-7-5-4-6-8-14)12-32-16-9-15(22)20(33-16)28-11-26-17-18(23)24-10-25-19(17)28/h4-11,13,16,20H,3,12H2,1-2H3,(H,27,30)(H2,23,24,25)/t13?,16?,20?,35-/m1/s1. The number of carbonyl (C=O) groups is 1. The smallest absolute Gasteiger partial charge is 0.342 e. The van der Waals surface area contributed by atoms with E-state index >= 15 is 0 Å². The van der Waals surface area contributed by atoms with Crippen LogP contribution in [0.2, 0.25) is 0 Å². The minimum Gasteiger partial charge on any atom is -0.465 e. The number of halogens is 1. The number of anilines is 1. The third kappa shape index (κ3) is 5.65. The number of imidazole rings is 1.